The van der Waals surface area contributed by atoms with Crippen LogP contribution in [0.2, 0.25) is 0 Å². The molecule has 0 aliphatic carbocycles. The average Bonchev–Trinajstić information content (AvgIpc) is 2.88. The number of hydrogen-bond acceptors (Lipinski definition) is 3. The molecule has 0 aromatic carbocycles. The summed E-state index contributed by atoms with van der Waals surface area (Å²) in [5.41, 5.74) is 0. The Balaban J connectivity index is 1.65. The monoisotopic (exact) mass is 286 g/mol. The van der Waals surface area contributed by atoms with Gasteiger partial charge in [-0.25, -0.2) is 0 Å². The third-order valence-corrected chi connectivity index (χ3v) is 3.60. The van der Waals surface area contributed by atoms with Crippen LogP contribution in [0.25, 0.3) is 0 Å². The molecule has 0 spiro atoms. The first-order valence-electron chi connectivity index (χ1n) is 5.95. The fourth-order valence-electron chi connectivity index (χ4n) is 2.21. The fourth-order valence-corrected chi connectivity index (χ4v) is 2.55. The molecule has 2 rings (SSSR count). The second kappa shape index (κ2) is 5.84. The van der Waals surface area contributed by atoms with Crippen LogP contribution in [0.5, 0.6) is 0 Å². The van der Waals surface area contributed by atoms with Crippen LogP contribution in [-0.2, 0) is 6.54 Å². The standard InChI is InChI=1S/C12H19BrN2O/c1-2-15-6-5-10(9-15)7-14-8-11-3-4-12(13)16-11/h3-4,10,14H,2,5-9H2,1H3. The van der Waals surface area contributed by atoms with Crippen LogP contribution in [-0.4, -0.2) is 31.1 Å². The van der Waals surface area contributed by atoms with Gasteiger partial charge in [0, 0.05) is 6.54 Å². The summed E-state index contributed by atoms with van der Waals surface area (Å²) in [6, 6.07) is 3.94. The molecule has 0 saturated carbocycles. The number of furan rings is 1. The van der Waals surface area contributed by atoms with Crippen LogP contribution >= 0.6 is 15.9 Å². The van der Waals surface area contributed by atoms with Gasteiger partial charge in [-0.1, -0.05) is 6.92 Å². The number of halogens is 1. The van der Waals surface area contributed by atoms with Gasteiger partial charge in [-0.15, -0.1) is 0 Å². The van der Waals surface area contributed by atoms with Crippen molar-refractivity contribution in [3.05, 3.63) is 22.6 Å². The highest BCUT2D eigenvalue weighted by Gasteiger charge is 2.20. The van der Waals surface area contributed by atoms with Gasteiger partial charge in [0.05, 0.1) is 6.54 Å². The van der Waals surface area contributed by atoms with Gasteiger partial charge in [0.2, 0.25) is 0 Å². The van der Waals surface area contributed by atoms with Crippen molar-refractivity contribution in [2.45, 2.75) is 19.9 Å². The molecule has 90 valence electrons. The molecule has 1 aliphatic heterocycles. The van der Waals surface area contributed by atoms with E-state index in [2.05, 4.69) is 33.1 Å². The molecule has 3 nitrogen and oxygen atoms in total. The summed E-state index contributed by atoms with van der Waals surface area (Å²) >= 11 is 3.31. The zero-order valence-electron chi connectivity index (χ0n) is 9.71. The van der Waals surface area contributed by atoms with Crippen LogP contribution in [0.1, 0.15) is 19.1 Å². The molecular weight excluding hydrogens is 268 g/mol. The van der Waals surface area contributed by atoms with E-state index >= 15 is 0 Å². The van der Waals surface area contributed by atoms with Crippen LogP contribution in [0.4, 0.5) is 0 Å². The molecule has 0 bridgehead atoms. The Labute approximate surface area is 105 Å². The van der Waals surface area contributed by atoms with E-state index in [0.717, 1.165) is 29.4 Å². The summed E-state index contributed by atoms with van der Waals surface area (Å²) in [4.78, 5) is 2.51. The summed E-state index contributed by atoms with van der Waals surface area (Å²) in [7, 11) is 0. The first kappa shape index (κ1) is 12.1. The zero-order chi connectivity index (χ0) is 11.4. The molecule has 4 heteroatoms. The maximum absolute atomic E-state index is 5.43. The van der Waals surface area contributed by atoms with Crippen molar-refractivity contribution in [3.63, 3.8) is 0 Å². The second-order valence-corrected chi connectivity index (χ2v) is 5.17. The first-order chi connectivity index (χ1) is 7.78. The van der Waals surface area contributed by atoms with E-state index in [1.165, 1.54) is 26.1 Å². The predicted octanol–water partition coefficient (Wildman–Crippen LogP) is 2.47. The van der Waals surface area contributed by atoms with E-state index in [4.69, 9.17) is 4.42 Å². The Morgan fingerprint density at radius 3 is 3.06 bits per heavy atom. The molecule has 1 unspecified atom stereocenters. The SMILES string of the molecule is CCN1CCC(CNCc2ccc(Br)o2)C1. The van der Waals surface area contributed by atoms with Crippen molar-refractivity contribution in [2.24, 2.45) is 5.92 Å². The molecule has 16 heavy (non-hydrogen) atoms. The summed E-state index contributed by atoms with van der Waals surface area (Å²) in [5.74, 6) is 1.80. The van der Waals surface area contributed by atoms with Gasteiger partial charge in [0.15, 0.2) is 4.67 Å². The summed E-state index contributed by atoms with van der Waals surface area (Å²) in [6.07, 6.45) is 1.32. The highest BCUT2D eigenvalue weighted by Crippen LogP contribution is 2.16. The highest BCUT2D eigenvalue weighted by molar-refractivity contribution is 9.10. The van der Waals surface area contributed by atoms with Gasteiger partial charge in [-0.3, -0.25) is 0 Å². The molecule has 1 N–H and O–H groups in total. The van der Waals surface area contributed by atoms with Gasteiger partial charge in [-0.05, 0) is 60.0 Å². The van der Waals surface area contributed by atoms with Gasteiger partial charge in [0.25, 0.3) is 0 Å². The number of rotatable bonds is 5. The third-order valence-electron chi connectivity index (χ3n) is 3.18. The lowest BCUT2D eigenvalue weighted by molar-refractivity contribution is 0.337. The van der Waals surface area contributed by atoms with Crippen LogP contribution < -0.4 is 5.32 Å². The molecule has 1 aliphatic rings. The van der Waals surface area contributed by atoms with Crippen LogP contribution in [0, 0.1) is 5.92 Å². The van der Waals surface area contributed by atoms with Gasteiger partial charge < -0.3 is 14.6 Å². The molecule has 1 aromatic rings. The largest absolute Gasteiger partial charge is 0.453 e. The van der Waals surface area contributed by atoms with E-state index in [1.54, 1.807) is 0 Å². The second-order valence-electron chi connectivity index (χ2n) is 4.38. The summed E-state index contributed by atoms with van der Waals surface area (Å²) in [5, 5.41) is 3.46. The Morgan fingerprint density at radius 2 is 2.44 bits per heavy atom. The number of hydrogen-bond donors (Lipinski definition) is 1. The van der Waals surface area contributed by atoms with E-state index in [1.807, 2.05) is 12.1 Å². The van der Waals surface area contributed by atoms with Crippen molar-refractivity contribution < 1.29 is 4.42 Å². The minimum Gasteiger partial charge on any atom is -0.453 e. The van der Waals surface area contributed by atoms with Crippen molar-refractivity contribution in [1.82, 2.24) is 10.2 Å². The third kappa shape index (κ3) is 3.34. The maximum atomic E-state index is 5.43. The van der Waals surface area contributed by atoms with Crippen LogP contribution in [0.3, 0.4) is 0 Å². The lowest BCUT2D eigenvalue weighted by Crippen LogP contribution is -2.26. The lowest BCUT2D eigenvalue weighted by atomic mass is 10.1. The van der Waals surface area contributed by atoms with Crippen molar-refractivity contribution >= 4 is 15.9 Å². The molecule has 2 heterocycles. The fraction of sp³-hybridized carbons (Fsp3) is 0.667. The molecule has 1 saturated heterocycles. The van der Waals surface area contributed by atoms with E-state index in [-0.39, 0.29) is 0 Å². The zero-order valence-corrected chi connectivity index (χ0v) is 11.3. The van der Waals surface area contributed by atoms with Crippen molar-refractivity contribution in [3.8, 4) is 0 Å². The van der Waals surface area contributed by atoms with E-state index < -0.39 is 0 Å². The Kier molecular flexibility index (Phi) is 4.44. The lowest BCUT2D eigenvalue weighted by Gasteiger charge is -2.13. The topological polar surface area (TPSA) is 28.4 Å². The Morgan fingerprint density at radius 1 is 1.56 bits per heavy atom. The van der Waals surface area contributed by atoms with Crippen molar-refractivity contribution in [2.75, 3.05) is 26.2 Å². The van der Waals surface area contributed by atoms with E-state index in [0.29, 0.717) is 0 Å². The minimum absolute atomic E-state index is 0.804. The molecule has 1 atom stereocenters. The number of nitrogens with one attached hydrogen (secondary N) is 1. The Hall–Kier alpha value is -0.320. The van der Waals surface area contributed by atoms with E-state index in [9.17, 15) is 0 Å². The van der Waals surface area contributed by atoms with Crippen LogP contribution in [0.15, 0.2) is 21.2 Å². The molecular formula is C12H19BrN2O. The van der Waals surface area contributed by atoms with Gasteiger partial charge in [-0.2, -0.15) is 0 Å². The van der Waals surface area contributed by atoms with Gasteiger partial charge >= 0.3 is 0 Å². The first-order valence-corrected chi connectivity index (χ1v) is 6.74. The van der Waals surface area contributed by atoms with Crippen molar-refractivity contribution in [1.29, 1.82) is 0 Å². The normalized spacial score (nSPS) is 21.8. The minimum atomic E-state index is 0.804. The number of nitrogens with zero attached hydrogens (tertiary/aromatic N) is 1. The summed E-state index contributed by atoms with van der Waals surface area (Å²) < 4.78 is 6.24. The smallest absolute Gasteiger partial charge is 0.169 e. The highest BCUT2D eigenvalue weighted by atomic mass is 79.9. The molecule has 1 fully saturated rings. The maximum Gasteiger partial charge on any atom is 0.169 e. The average molecular weight is 287 g/mol. The van der Waals surface area contributed by atoms with Gasteiger partial charge in [0.1, 0.15) is 5.76 Å². The molecule has 1 aromatic heterocycles. The molecule has 0 amide bonds. The Bertz CT molecular complexity index is 327. The number of likely N-dealkylation sites (tertiary alicyclic amines) is 1. The quantitative estimate of drug-likeness (QED) is 0.902. The predicted molar refractivity (Wildman–Crippen MR) is 68.3 cm³/mol. The summed E-state index contributed by atoms with van der Waals surface area (Å²) in [6.45, 7) is 7.83. The molecule has 0 radical (unpaired) electrons.